The maximum Gasteiger partial charge on any atom is 0.322 e. The number of hydrogen-bond donors (Lipinski definition) is 0. The van der Waals surface area contributed by atoms with Crippen LogP contribution in [0.25, 0.3) is 0 Å². The second-order valence-electron chi connectivity index (χ2n) is 10.4. The van der Waals surface area contributed by atoms with Gasteiger partial charge in [-0.3, -0.25) is 14.4 Å². The van der Waals surface area contributed by atoms with Crippen LogP contribution < -0.4 is 0 Å². The van der Waals surface area contributed by atoms with Crippen LogP contribution in [0.1, 0.15) is 83.4 Å². The third-order valence-electron chi connectivity index (χ3n) is 6.54. The third-order valence-corrected chi connectivity index (χ3v) is 6.54. The van der Waals surface area contributed by atoms with Crippen LogP contribution in [0.15, 0.2) is 60.7 Å². The van der Waals surface area contributed by atoms with Crippen molar-refractivity contribution in [1.29, 1.82) is 0 Å². The zero-order valence-electron chi connectivity index (χ0n) is 22.0. The number of rotatable bonds is 10. The monoisotopic (exact) mass is 493 g/mol. The molecule has 0 N–H and O–H groups in total. The number of ether oxygens (including phenoxy) is 2. The summed E-state index contributed by atoms with van der Waals surface area (Å²) in [5.74, 6) is -0.925. The number of hydrogen-bond acceptors (Lipinski definition) is 5. The molecule has 36 heavy (non-hydrogen) atoms. The molecule has 0 aliphatic carbocycles. The third kappa shape index (κ3) is 6.74. The Morgan fingerprint density at radius 2 is 1.56 bits per heavy atom. The first kappa shape index (κ1) is 27.4. The number of likely N-dealkylation sites (tertiary alicyclic amines) is 1. The van der Waals surface area contributed by atoms with Crippen molar-refractivity contribution >= 4 is 17.8 Å². The fourth-order valence-corrected chi connectivity index (χ4v) is 4.93. The van der Waals surface area contributed by atoms with Crippen LogP contribution in [0, 0.1) is 5.41 Å². The van der Waals surface area contributed by atoms with Gasteiger partial charge in [0.05, 0.1) is 12.6 Å². The molecule has 0 aromatic heterocycles. The zero-order chi connectivity index (χ0) is 26.2. The second-order valence-corrected chi connectivity index (χ2v) is 10.4. The molecule has 1 aliphatic rings. The van der Waals surface area contributed by atoms with E-state index in [0.29, 0.717) is 45.3 Å². The summed E-state index contributed by atoms with van der Waals surface area (Å²) in [7, 11) is 0. The van der Waals surface area contributed by atoms with E-state index in [9.17, 15) is 14.4 Å². The van der Waals surface area contributed by atoms with Gasteiger partial charge in [0.25, 0.3) is 0 Å². The van der Waals surface area contributed by atoms with Gasteiger partial charge in [0.15, 0.2) is 0 Å². The Bertz CT molecular complexity index is 975. The van der Waals surface area contributed by atoms with Crippen LogP contribution in [0.4, 0.5) is 0 Å². The van der Waals surface area contributed by atoms with Crippen LogP contribution >= 0.6 is 0 Å². The molecule has 1 atom stereocenters. The van der Waals surface area contributed by atoms with Crippen LogP contribution in [-0.2, 0) is 23.9 Å². The topological polar surface area (TPSA) is 72.9 Å². The number of carbonyl (C=O) groups excluding carboxylic acids is 3. The molecule has 6 heteroatoms. The minimum Gasteiger partial charge on any atom is -0.466 e. The molecule has 1 heterocycles. The molecule has 194 valence electrons. The fourth-order valence-electron chi connectivity index (χ4n) is 4.93. The van der Waals surface area contributed by atoms with E-state index < -0.39 is 17.0 Å². The molecule has 1 aliphatic heterocycles. The zero-order valence-corrected chi connectivity index (χ0v) is 22.0. The number of benzene rings is 2. The average Bonchev–Trinajstić information content (AvgIpc) is 2.84. The summed E-state index contributed by atoms with van der Waals surface area (Å²) >= 11 is 0. The van der Waals surface area contributed by atoms with Gasteiger partial charge in [0, 0.05) is 13.0 Å². The Balaban J connectivity index is 1.94. The first-order chi connectivity index (χ1) is 17.2. The van der Waals surface area contributed by atoms with Crippen molar-refractivity contribution in [2.24, 2.45) is 5.41 Å². The highest BCUT2D eigenvalue weighted by atomic mass is 16.6. The summed E-state index contributed by atoms with van der Waals surface area (Å²) in [5.41, 5.74) is 0.0105. The molecule has 0 saturated carbocycles. The molecule has 0 unspecified atom stereocenters. The lowest BCUT2D eigenvalue weighted by Gasteiger charge is -2.44. The summed E-state index contributed by atoms with van der Waals surface area (Å²) in [6.07, 6.45) is 2.85. The number of piperidine rings is 1. The van der Waals surface area contributed by atoms with E-state index >= 15 is 0 Å². The summed E-state index contributed by atoms with van der Waals surface area (Å²) in [6, 6.07) is 19.6. The highest BCUT2D eigenvalue weighted by Crippen LogP contribution is 2.43. The molecular formula is C30H39NO5. The normalized spacial score (nSPS) is 18.2. The van der Waals surface area contributed by atoms with Crippen molar-refractivity contribution in [2.75, 3.05) is 13.2 Å². The smallest absolute Gasteiger partial charge is 0.322 e. The fraction of sp³-hybridized carbons (Fsp3) is 0.500. The van der Waals surface area contributed by atoms with Gasteiger partial charge < -0.3 is 14.4 Å². The molecule has 2 aromatic carbocycles. The number of nitrogens with zero attached hydrogens (tertiary/aromatic N) is 1. The Morgan fingerprint density at radius 1 is 0.972 bits per heavy atom. The largest absolute Gasteiger partial charge is 0.466 e. The number of amides is 1. The van der Waals surface area contributed by atoms with E-state index in [4.69, 9.17) is 9.47 Å². The predicted molar refractivity (Wildman–Crippen MR) is 139 cm³/mol. The molecule has 1 saturated heterocycles. The summed E-state index contributed by atoms with van der Waals surface area (Å²) < 4.78 is 10.9. The Morgan fingerprint density at radius 3 is 2.08 bits per heavy atom. The minimum atomic E-state index is -1.28. The van der Waals surface area contributed by atoms with Gasteiger partial charge >= 0.3 is 11.9 Å². The maximum atomic E-state index is 14.3. The van der Waals surface area contributed by atoms with E-state index in [0.717, 1.165) is 11.1 Å². The molecule has 1 amide bonds. The van der Waals surface area contributed by atoms with E-state index in [1.807, 2.05) is 86.3 Å². The van der Waals surface area contributed by atoms with Gasteiger partial charge in [-0.1, -0.05) is 67.1 Å². The molecule has 3 rings (SSSR count). The standard InChI is InChI=1S/C30H39NO5/c1-5-35-25(32)19-12-13-20-30(28(34)36-29(2,3)4)21-14-22-31(27(30)33)26(23-15-8-6-9-16-23)24-17-10-7-11-18-24/h6-11,15-18,26H,5,12-14,19-22H2,1-4H3/t30-/m1/s1. The molecule has 1 fully saturated rings. The van der Waals surface area contributed by atoms with E-state index in [1.54, 1.807) is 6.92 Å². The number of unbranched alkanes of at least 4 members (excludes halogenated alkanes) is 1. The number of carbonyl (C=O) groups is 3. The summed E-state index contributed by atoms with van der Waals surface area (Å²) in [6.45, 7) is 8.14. The first-order valence-corrected chi connectivity index (χ1v) is 13.0. The molecule has 6 nitrogen and oxygen atoms in total. The van der Waals surface area contributed by atoms with Gasteiger partial charge in [-0.05, 0) is 64.5 Å². The Hall–Kier alpha value is -3.15. The van der Waals surface area contributed by atoms with Crippen LogP contribution in [-0.4, -0.2) is 41.5 Å². The molecule has 0 spiro atoms. The highest BCUT2D eigenvalue weighted by Gasteiger charge is 2.53. The lowest BCUT2D eigenvalue weighted by atomic mass is 9.73. The average molecular weight is 494 g/mol. The van der Waals surface area contributed by atoms with Crippen LogP contribution in [0.5, 0.6) is 0 Å². The number of esters is 2. The highest BCUT2D eigenvalue weighted by molar-refractivity contribution is 6.03. The molecule has 0 radical (unpaired) electrons. The first-order valence-electron chi connectivity index (χ1n) is 13.0. The van der Waals surface area contributed by atoms with Gasteiger partial charge in [-0.2, -0.15) is 0 Å². The van der Waals surface area contributed by atoms with E-state index in [1.165, 1.54) is 0 Å². The lowest BCUT2D eigenvalue weighted by molar-refractivity contribution is -0.179. The van der Waals surface area contributed by atoms with Gasteiger partial charge in [-0.15, -0.1) is 0 Å². The molecule has 0 bridgehead atoms. The van der Waals surface area contributed by atoms with Gasteiger partial charge in [0.2, 0.25) is 5.91 Å². The van der Waals surface area contributed by atoms with Crippen molar-refractivity contribution in [3.05, 3.63) is 71.8 Å². The van der Waals surface area contributed by atoms with Gasteiger partial charge in [-0.25, -0.2) is 0 Å². The quantitative estimate of drug-likeness (QED) is 0.236. The lowest BCUT2D eigenvalue weighted by Crippen LogP contribution is -2.55. The van der Waals surface area contributed by atoms with Crippen molar-refractivity contribution in [1.82, 2.24) is 4.90 Å². The Kier molecular flexibility index (Phi) is 9.30. The van der Waals surface area contributed by atoms with Crippen LogP contribution in [0.3, 0.4) is 0 Å². The Labute approximate surface area is 215 Å². The second kappa shape index (κ2) is 12.2. The predicted octanol–water partition coefficient (Wildman–Crippen LogP) is 5.85. The maximum absolute atomic E-state index is 14.3. The molecule has 2 aromatic rings. The summed E-state index contributed by atoms with van der Waals surface area (Å²) in [5, 5.41) is 0. The molecular weight excluding hydrogens is 454 g/mol. The van der Waals surface area contributed by atoms with Crippen molar-refractivity contribution in [3.63, 3.8) is 0 Å². The van der Waals surface area contributed by atoms with Gasteiger partial charge in [0.1, 0.15) is 11.0 Å². The summed E-state index contributed by atoms with van der Waals surface area (Å²) in [4.78, 5) is 41.7. The SMILES string of the molecule is CCOC(=O)CCCC[C@@]1(C(=O)OC(C)(C)C)CCCN(C(c2ccccc2)c2ccccc2)C1=O. The minimum absolute atomic E-state index is 0.197. The van der Waals surface area contributed by atoms with Crippen molar-refractivity contribution < 1.29 is 23.9 Å². The van der Waals surface area contributed by atoms with Crippen LogP contribution in [0.2, 0.25) is 0 Å². The van der Waals surface area contributed by atoms with Crippen molar-refractivity contribution in [3.8, 4) is 0 Å². The van der Waals surface area contributed by atoms with E-state index in [2.05, 4.69) is 0 Å². The van der Waals surface area contributed by atoms with Crippen molar-refractivity contribution in [2.45, 2.75) is 77.9 Å². The van der Waals surface area contributed by atoms with E-state index in [-0.39, 0.29) is 24.3 Å².